The van der Waals surface area contributed by atoms with Crippen molar-refractivity contribution in [1.82, 2.24) is 0 Å². The lowest BCUT2D eigenvalue weighted by atomic mass is 10.2. The Kier molecular flexibility index (Phi) is 4.43. The molecule has 2 aromatic carbocycles. The third kappa shape index (κ3) is 3.35. The van der Waals surface area contributed by atoms with Crippen LogP contribution in [0.1, 0.15) is 5.56 Å². The highest BCUT2D eigenvalue weighted by atomic mass is 127. The van der Waals surface area contributed by atoms with E-state index in [0.717, 1.165) is 10.6 Å². The second-order valence-electron chi connectivity index (χ2n) is 3.23. The fraction of sp³-hybridized carbons (Fsp3) is 0. The van der Waals surface area contributed by atoms with Crippen molar-refractivity contribution in [2.75, 3.05) is 0 Å². The third-order valence-electron chi connectivity index (χ3n) is 2.06. The van der Waals surface area contributed by atoms with E-state index in [2.05, 4.69) is 28.3 Å². The van der Waals surface area contributed by atoms with Crippen molar-refractivity contribution >= 4 is 16.6 Å². The lowest BCUT2D eigenvalue weighted by molar-refractivity contribution is -0.555. The van der Waals surface area contributed by atoms with Gasteiger partial charge in [0.2, 0.25) is 0 Å². The Morgan fingerprint density at radius 1 is 0.875 bits per heavy atom. The van der Waals surface area contributed by atoms with E-state index in [-0.39, 0.29) is 21.2 Å². The van der Waals surface area contributed by atoms with Crippen molar-refractivity contribution in [3.63, 3.8) is 0 Å². The molecule has 0 amide bonds. The second-order valence-corrected chi connectivity index (χ2v) is 6.13. The zero-order chi connectivity index (χ0) is 11.2. The van der Waals surface area contributed by atoms with Gasteiger partial charge in [-0.25, -0.2) is 0 Å². The average Bonchev–Trinajstić information content (AvgIpc) is 2.38. The Morgan fingerprint density at radius 2 is 1.44 bits per heavy atom. The molecular formula is C14H11ClI+. The van der Waals surface area contributed by atoms with E-state index in [0.29, 0.717) is 0 Å². The lowest BCUT2D eigenvalue weighted by Crippen LogP contribution is -3.59. The highest BCUT2D eigenvalue weighted by Crippen LogP contribution is 2.15. The summed E-state index contributed by atoms with van der Waals surface area (Å²) in [4.78, 5) is 0. The molecule has 0 unspecified atom stereocenters. The van der Waals surface area contributed by atoms with Gasteiger partial charge in [0.15, 0.2) is 7.65 Å². The summed E-state index contributed by atoms with van der Waals surface area (Å²) in [7, 11) is 0. The van der Waals surface area contributed by atoms with Crippen LogP contribution in [0.5, 0.6) is 0 Å². The van der Waals surface area contributed by atoms with Gasteiger partial charge >= 0.3 is 21.2 Å². The van der Waals surface area contributed by atoms with Gasteiger partial charge in [-0.05, 0) is 17.7 Å². The van der Waals surface area contributed by atoms with Gasteiger partial charge in [-0.2, -0.15) is 0 Å². The predicted molar refractivity (Wildman–Crippen MR) is 65.4 cm³/mol. The highest BCUT2D eigenvalue weighted by Gasteiger charge is 2.09. The highest BCUT2D eigenvalue weighted by molar-refractivity contribution is 6.48. The summed E-state index contributed by atoms with van der Waals surface area (Å²) in [6.45, 7) is 0. The molecule has 0 radical (unpaired) electrons. The van der Waals surface area contributed by atoms with E-state index >= 15 is 0 Å². The minimum absolute atomic E-state index is 0.133. The topological polar surface area (TPSA) is 0 Å². The standard InChI is InChI=1S/C14H11ClI/c15-14(12-7-3-1-4-8-12)11-16-13-9-5-2-6-10-13/h1-11H/q+1. The quantitative estimate of drug-likeness (QED) is 0.736. The molecule has 0 aromatic heterocycles. The zero-order valence-corrected chi connectivity index (χ0v) is 11.5. The first kappa shape index (κ1) is 11.7. The van der Waals surface area contributed by atoms with Gasteiger partial charge < -0.3 is 0 Å². The van der Waals surface area contributed by atoms with Crippen LogP contribution in [0.15, 0.2) is 64.7 Å². The maximum absolute atomic E-state index is 6.24. The van der Waals surface area contributed by atoms with E-state index in [9.17, 15) is 0 Å². The predicted octanol–water partition coefficient (Wildman–Crippen LogP) is 1.18. The minimum Gasteiger partial charge on any atom is -0.0794 e. The van der Waals surface area contributed by atoms with Crippen LogP contribution in [0.25, 0.3) is 5.03 Å². The molecule has 0 aliphatic rings. The Morgan fingerprint density at radius 3 is 2.06 bits per heavy atom. The molecule has 0 spiro atoms. The molecule has 0 heterocycles. The molecule has 16 heavy (non-hydrogen) atoms. The maximum atomic E-state index is 6.24. The molecule has 0 aliphatic heterocycles. The number of hydrogen-bond donors (Lipinski definition) is 0. The van der Waals surface area contributed by atoms with E-state index in [1.807, 2.05) is 36.4 Å². The molecule has 2 rings (SSSR count). The number of halogens is 2. The van der Waals surface area contributed by atoms with Crippen molar-refractivity contribution in [2.24, 2.45) is 0 Å². The first-order valence-electron chi connectivity index (χ1n) is 4.96. The Labute approximate surface area is 111 Å². The van der Waals surface area contributed by atoms with Crippen LogP contribution < -0.4 is 21.2 Å². The maximum Gasteiger partial charge on any atom is 0.351 e. The van der Waals surface area contributed by atoms with Crippen LogP contribution in [0, 0.1) is 3.57 Å². The lowest BCUT2D eigenvalue weighted by Gasteiger charge is -1.93. The molecule has 0 fully saturated rings. The minimum atomic E-state index is -0.133. The van der Waals surface area contributed by atoms with Gasteiger partial charge in [0.1, 0.15) is 0 Å². The zero-order valence-electron chi connectivity index (χ0n) is 8.61. The molecule has 0 N–H and O–H groups in total. The smallest absolute Gasteiger partial charge is 0.0794 e. The molecule has 0 nitrogen and oxygen atoms in total. The summed E-state index contributed by atoms with van der Waals surface area (Å²) in [6, 6.07) is 20.6. The van der Waals surface area contributed by atoms with E-state index in [4.69, 9.17) is 11.6 Å². The molecule has 2 aromatic rings. The first-order chi connectivity index (χ1) is 7.86. The Bertz CT molecular complexity index is 463. The van der Waals surface area contributed by atoms with Crippen LogP contribution in [-0.4, -0.2) is 0 Å². The van der Waals surface area contributed by atoms with Crippen LogP contribution in [0.3, 0.4) is 0 Å². The van der Waals surface area contributed by atoms with Gasteiger partial charge in [0.25, 0.3) is 0 Å². The van der Waals surface area contributed by atoms with Gasteiger partial charge in [0, 0.05) is 0 Å². The van der Waals surface area contributed by atoms with E-state index < -0.39 is 0 Å². The molecule has 0 saturated carbocycles. The van der Waals surface area contributed by atoms with Gasteiger partial charge in [-0.1, -0.05) is 60.1 Å². The van der Waals surface area contributed by atoms with Gasteiger partial charge in [0.05, 0.1) is 5.03 Å². The van der Waals surface area contributed by atoms with E-state index in [1.54, 1.807) is 0 Å². The molecule has 80 valence electrons. The average molecular weight is 342 g/mol. The Balaban J connectivity index is 2.09. The van der Waals surface area contributed by atoms with Crippen LogP contribution in [0.4, 0.5) is 0 Å². The molecule has 0 saturated heterocycles. The van der Waals surface area contributed by atoms with Crippen LogP contribution >= 0.6 is 11.6 Å². The van der Waals surface area contributed by atoms with Crippen molar-refractivity contribution in [1.29, 1.82) is 0 Å². The number of rotatable bonds is 3. The fourth-order valence-electron chi connectivity index (χ4n) is 1.26. The summed E-state index contributed by atoms with van der Waals surface area (Å²) in [5.74, 6) is 0. The monoisotopic (exact) mass is 341 g/mol. The SMILES string of the molecule is ClC(=C[I+]c1ccccc1)c1ccccc1. The molecular weight excluding hydrogens is 331 g/mol. The van der Waals surface area contributed by atoms with Crippen molar-refractivity contribution < 1.29 is 21.2 Å². The molecule has 0 atom stereocenters. The van der Waals surface area contributed by atoms with Crippen LogP contribution in [0.2, 0.25) is 0 Å². The molecule has 2 heteroatoms. The van der Waals surface area contributed by atoms with Crippen molar-refractivity contribution in [3.8, 4) is 0 Å². The fourth-order valence-corrected chi connectivity index (χ4v) is 3.48. The molecule has 0 aliphatic carbocycles. The van der Waals surface area contributed by atoms with Gasteiger partial charge in [-0.15, -0.1) is 0 Å². The summed E-state index contributed by atoms with van der Waals surface area (Å²) < 4.78 is 3.54. The summed E-state index contributed by atoms with van der Waals surface area (Å²) in [6.07, 6.45) is 0. The van der Waals surface area contributed by atoms with Crippen LogP contribution in [-0.2, 0) is 0 Å². The largest absolute Gasteiger partial charge is 0.351 e. The summed E-state index contributed by atoms with van der Waals surface area (Å²) >= 11 is 6.11. The summed E-state index contributed by atoms with van der Waals surface area (Å²) in [5, 5.41) is 0.859. The van der Waals surface area contributed by atoms with Crippen molar-refractivity contribution in [3.05, 3.63) is 73.9 Å². The molecule has 0 bridgehead atoms. The van der Waals surface area contributed by atoms with E-state index in [1.165, 1.54) is 3.57 Å². The van der Waals surface area contributed by atoms with Gasteiger partial charge in [-0.3, -0.25) is 0 Å². The second kappa shape index (κ2) is 6.06. The summed E-state index contributed by atoms with van der Waals surface area (Å²) in [5.41, 5.74) is 1.10. The third-order valence-corrected chi connectivity index (χ3v) is 5.13. The number of benzene rings is 2. The number of hydrogen-bond acceptors (Lipinski definition) is 0. The first-order valence-corrected chi connectivity index (χ1v) is 7.66. The van der Waals surface area contributed by atoms with Crippen molar-refractivity contribution in [2.45, 2.75) is 0 Å². The Hall–Kier alpha value is -0.800. The normalized spacial score (nSPS) is 11.4.